The summed E-state index contributed by atoms with van der Waals surface area (Å²) >= 11 is 0. The molecule has 7 nitrogen and oxygen atoms in total. The summed E-state index contributed by atoms with van der Waals surface area (Å²) in [5.41, 5.74) is -0.0400. The Kier molecular flexibility index (Phi) is 5.18. The number of halogens is 2. The van der Waals surface area contributed by atoms with Crippen LogP contribution in [0.15, 0.2) is 12.3 Å². The predicted octanol–water partition coefficient (Wildman–Crippen LogP) is 0.0679. The Morgan fingerprint density at radius 3 is 2.95 bits per heavy atom. The molecule has 120 valence electrons. The maximum Gasteiger partial charge on any atom is 0.272 e. The summed E-state index contributed by atoms with van der Waals surface area (Å²) in [6.07, 6.45) is 0.806. The zero-order chi connectivity index (χ0) is 16.1. The van der Waals surface area contributed by atoms with Gasteiger partial charge in [0.25, 0.3) is 12.3 Å². The normalized spacial score (nSPS) is 17.8. The number of hydrogen-bond acceptors (Lipinski definition) is 4. The molecule has 0 radical (unpaired) electrons. The van der Waals surface area contributed by atoms with Crippen LogP contribution >= 0.6 is 0 Å². The van der Waals surface area contributed by atoms with Crippen molar-refractivity contribution in [3.8, 4) is 0 Å². The van der Waals surface area contributed by atoms with Gasteiger partial charge in [-0.1, -0.05) is 0 Å². The fraction of sp³-hybridized carbons (Fsp3) is 0.538. The van der Waals surface area contributed by atoms with Gasteiger partial charge in [0.2, 0.25) is 5.91 Å². The molecular weight excluding hydrogens is 298 g/mol. The molecule has 2 rings (SSSR count). The van der Waals surface area contributed by atoms with Gasteiger partial charge in [-0.3, -0.25) is 14.3 Å². The first kappa shape index (κ1) is 16.1. The highest BCUT2D eigenvalue weighted by Gasteiger charge is 2.28. The van der Waals surface area contributed by atoms with Crippen LogP contribution in [0.1, 0.15) is 23.3 Å². The topological polar surface area (TPSA) is 84.3 Å². The largest absolute Gasteiger partial charge is 0.342 e. The third-order valence-electron chi connectivity index (χ3n) is 3.38. The van der Waals surface area contributed by atoms with Gasteiger partial charge in [0.15, 0.2) is 0 Å². The minimum Gasteiger partial charge on any atom is -0.342 e. The van der Waals surface area contributed by atoms with Crippen LogP contribution in [0, 0.1) is 0 Å². The van der Waals surface area contributed by atoms with Crippen molar-refractivity contribution in [3.63, 3.8) is 0 Å². The van der Waals surface area contributed by atoms with Crippen molar-refractivity contribution >= 4 is 18.1 Å². The van der Waals surface area contributed by atoms with Crippen LogP contribution in [-0.2, 0) is 16.1 Å². The second-order valence-corrected chi connectivity index (χ2v) is 4.93. The van der Waals surface area contributed by atoms with E-state index in [4.69, 9.17) is 0 Å². The summed E-state index contributed by atoms with van der Waals surface area (Å²) in [6.45, 7) is -0.368. The van der Waals surface area contributed by atoms with E-state index in [1.807, 2.05) is 0 Å². The molecule has 0 saturated carbocycles. The molecule has 1 atom stereocenters. The number of likely N-dealkylation sites (tertiary alicyclic amines) is 1. The number of rotatable bonds is 6. The second-order valence-electron chi connectivity index (χ2n) is 4.93. The van der Waals surface area contributed by atoms with Crippen molar-refractivity contribution in [2.75, 3.05) is 13.1 Å². The average molecular weight is 314 g/mol. The van der Waals surface area contributed by atoms with Gasteiger partial charge in [0, 0.05) is 12.7 Å². The molecule has 1 saturated heterocycles. The van der Waals surface area contributed by atoms with Crippen molar-refractivity contribution in [1.29, 1.82) is 0 Å². The average Bonchev–Trinajstić information content (AvgIpc) is 3.12. The lowest BCUT2D eigenvalue weighted by molar-refractivity contribution is -0.133. The molecule has 9 heteroatoms. The Morgan fingerprint density at radius 1 is 1.50 bits per heavy atom. The highest BCUT2D eigenvalue weighted by atomic mass is 19.3. The van der Waals surface area contributed by atoms with E-state index in [1.54, 1.807) is 0 Å². The van der Waals surface area contributed by atoms with Crippen LogP contribution in [0.4, 0.5) is 8.78 Å². The lowest BCUT2D eigenvalue weighted by Gasteiger charge is -2.20. The van der Waals surface area contributed by atoms with E-state index in [-0.39, 0.29) is 18.1 Å². The quantitative estimate of drug-likeness (QED) is 0.753. The highest BCUT2D eigenvalue weighted by molar-refractivity contribution is 5.95. The smallest absolute Gasteiger partial charge is 0.272 e. The van der Waals surface area contributed by atoms with Crippen molar-refractivity contribution in [1.82, 2.24) is 20.0 Å². The molecule has 0 bridgehead atoms. The Balaban J connectivity index is 1.85. The monoisotopic (exact) mass is 314 g/mol. The fourth-order valence-electron chi connectivity index (χ4n) is 2.32. The van der Waals surface area contributed by atoms with Gasteiger partial charge in [0.1, 0.15) is 18.5 Å². The first-order valence-electron chi connectivity index (χ1n) is 6.86. The molecule has 2 amide bonds. The van der Waals surface area contributed by atoms with E-state index < -0.39 is 24.9 Å². The molecular formula is C13H16F2N4O3. The van der Waals surface area contributed by atoms with E-state index in [1.165, 1.54) is 17.2 Å². The van der Waals surface area contributed by atoms with Crippen LogP contribution in [0.25, 0.3) is 0 Å². The SMILES string of the molecule is O=CC1CCCN1C(=O)CNC(=O)c1ccn(CC(F)F)n1. The number of amides is 2. The molecule has 2 heterocycles. The molecule has 1 N–H and O–H groups in total. The molecule has 0 aliphatic carbocycles. The van der Waals surface area contributed by atoms with Gasteiger partial charge >= 0.3 is 0 Å². The number of carbonyl (C=O) groups is 3. The van der Waals surface area contributed by atoms with Crippen LogP contribution in [-0.4, -0.2) is 58.3 Å². The van der Waals surface area contributed by atoms with Crippen molar-refractivity contribution in [3.05, 3.63) is 18.0 Å². The molecule has 0 aromatic carbocycles. The third kappa shape index (κ3) is 3.86. The number of carbonyl (C=O) groups excluding carboxylic acids is 3. The number of aromatic nitrogens is 2. The first-order valence-corrected chi connectivity index (χ1v) is 6.86. The first-order chi connectivity index (χ1) is 10.5. The van der Waals surface area contributed by atoms with Gasteiger partial charge in [0.05, 0.1) is 12.6 Å². The third-order valence-corrected chi connectivity index (χ3v) is 3.38. The Labute approximate surface area is 125 Å². The number of nitrogens with zero attached hydrogens (tertiary/aromatic N) is 3. The van der Waals surface area contributed by atoms with Gasteiger partial charge in [-0.25, -0.2) is 8.78 Å². The van der Waals surface area contributed by atoms with Crippen molar-refractivity contribution < 1.29 is 23.2 Å². The zero-order valence-corrected chi connectivity index (χ0v) is 11.7. The molecule has 1 unspecified atom stereocenters. The number of alkyl halides is 2. The van der Waals surface area contributed by atoms with Crippen molar-refractivity contribution in [2.24, 2.45) is 0 Å². The van der Waals surface area contributed by atoms with Crippen LogP contribution in [0.2, 0.25) is 0 Å². The molecule has 1 aromatic heterocycles. The fourth-order valence-corrected chi connectivity index (χ4v) is 2.32. The highest BCUT2D eigenvalue weighted by Crippen LogP contribution is 2.14. The lowest BCUT2D eigenvalue weighted by Crippen LogP contribution is -2.43. The standard InChI is InChI=1S/C13H16F2N4O3/c14-11(15)7-18-5-3-10(17-18)13(22)16-6-12(21)19-4-1-2-9(19)8-20/h3,5,8-9,11H,1-2,4,6-7H2,(H,16,22). The van der Waals surface area contributed by atoms with Crippen LogP contribution in [0.3, 0.4) is 0 Å². The van der Waals surface area contributed by atoms with Gasteiger partial charge in [-0.15, -0.1) is 0 Å². The Bertz CT molecular complexity index is 561. The van der Waals surface area contributed by atoms with Crippen LogP contribution in [0.5, 0.6) is 0 Å². The minimum absolute atomic E-state index is 0.0400. The molecule has 1 aromatic rings. The lowest BCUT2D eigenvalue weighted by atomic mass is 10.2. The minimum atomic E-state index is -2.56. The molecule has 22 heavy (non-hydrogen) atoms. The summed E-state index contributed by atoms with van der Waals surface area (Å²) in [5, 5.41) is 6.08. The summed E-state index contributed by atoms with van der Waals surface area (Å²) in [4.78, 5) is 36.0. The number of aldehydes is 1. The van der Waals surface area contributed by atoms with Gasteiger partial charge in [-0.05, 0) is 18.9 Å². The van der Waals surface area contributed by atoms with Gasteiger partial charge < -0.3 is 15.0 Å². The van der Waals surface area contributed by atoms with E-state index in [9.17, 15) is 23.2 Å². The van der Waals surface area contributed by atoms with E-state index >= 15 is 0 Å². The summed E-state index contributed by atoms with van der Waals surface area (Å²) in [7, 11) is 0. The zero-order valence-electron chi connectivity index (χ0n) is 11.7. The molecule has 0 spiro atoms. The maximum atomic E-state index is 12.2. The van der Waals surface area contributed by atoms with Gasteiger partial charge in [-0.2, -0.15) is 5.10 Å². The summed E-state index contributed by atoms with van der Waals surface area (Å²) in [6, 6.07) is 0.862. The maximum absolute atomic E-state index is 12.2. The summed E-state index contributed by atoms with van der Waals surface area (Å²) < 4.78 is 25.3. The van der Waals surface area contributed by atoms with E-state index in [0.717, 1.165) is 17.4 Å². The number of nitrogens with one attached hydrogen (secondary N) is 1. The molecule has 1 aliphatic rings. The van der Waals surface area contributed by atoms with Crippen molar-refractivity contribution in [2.45, 2.75) is 31.9 Å². The Hall–Kier alpha value is -2.32. The number of hydrogen-bond donors (Lipinski definition) is 1. The molecule has 1 fully saturated rings. The predicted molar refractivity (Wildman–Crippen MR) is 71.4 cm³/mol. The molecule has 1 aliphatic heterocycles. The second kappa shape index (κ2) is 7.10. The summed E-state index contributed by atoms with van der Waals surface area (Å²) in [5.74, 6) is -0.974. The van der Waals surface area contributed by atoms with E-state index in [0.29, 0.717) is 13.0 Å². The van der Waals surface area contributed by atoms with Crippen LogP contribution < -0.4 is 5.32 Å². The Morgan fingerprint density at radius 2 is 2.27 bits per heavy atom. The van der Waals surface area contributed by atoms with E-state index in [2.05, 4.69) is 10.4 Å².